The van der Waals surface area contributed by atoms with Crippen LogP contribution in [0.4, 0.5) is 11.4 Å². The molecule has 30 heavy (non-hydrogen) atoms. The van der Waals surface area contributed by atoms with Crippen molar-refractivity contribution in [2.45, 2.75) is 26.0 Å². The molecule has 2 N–H and O–H groups in total. The lowest BCUT2D eigenvalue weighted by atomic mass is 10.1. The fourth-order valence-corrected chi connectivity index (χ4v) is 4.08. The van der Waals surface area contributed by atoms with Crippen LogP contribution in [-0.4, -0.2) is 22.5 Å². The molecule has 0 spiro atoms. The van der Waals surface area contributed by atoms with Crippen molar-refractivity contribution in [3.8, 4) is 5.75 Å². The molecule has 150 valence electrons. The van der Waals surface area contributed by atoms with Crippen LogP contribution in [0.15, 0.2) is 66.7 Å². The number of aryl methyl sites for hydroxylation is 1. The molecule has 2 heterocycles. The second-order valence-corrected chi connectivity index (χ2v) is 7.34. The Bertz CT molecular complexity index is 1290. The van der Waals surface area contributed by atoms with E-state index in [4.69, 9.17) is 4.74 Å². The van der Waals surface area contributed by atoms with E-state index in [1.54, 1.807) is 12.1 Å². The fourth-order valence-electron chi connectivity index (χ4n) is 4.08. The van der Waals surface area contributed by atoms with Gasteiger partial charge in [-0.1, -0.05) is 30.3 Å². The maximum absolute atomic E-state index is 12.6. The molecular weight excluding hydrogens is 378 g/mol. The van der Waals surface area contributed by atoms with E-state index < -0.39 is 6.10 Å². The smallest absolute Gasteiger partial charge is 0.266 e. The Morgan fingerprint density at radius 3 is 2.67 bits per heavy atom. The van der Waals surface area contributed by atoms with Crippen LogP contribution in [0.3, 0.4) is 0 Å². The van der Waals surface area contributed by atoms with Crippen LogP contribution < -0.4 is 15.4 Å². The predicted octanol–water partition coefficient (Wildman–Crippen LogP) is 4.54. The number of benzene rings is 3. The number of hydrogen-bond donors (Lipinski definition) is 2. The van der Waals surface area contributed by atoms with E-state index >= 15 is 0 Å². The Kier molecular flexibility index (Phi) is 4.39. The summed E-state index contributed by atoms with van der Waals surface area (Å²) in [5.74, 6) is -0.0119. The van der Waals surface area contributed by atoms with Crippen LogP contribution in [0.1, 0.15) is 13.3 Å². The van der Waals surface area contributed by atoms with Crippen LogP contribution in [-0.2, 0) is 16.1 Å². The molecule has 0 saturated heterocycles. The second-order valence-electron chi connectivity index (χ2n) is 7.34. The average Bonchev–Trinajstić information content (AvgIpc) is 3.07. The first-order chi connectivity index (χ1) is 14.6. The molecule has 1 aliphatic rings. The van der Waals surface area contributed by atoms with Gasteiger partial charge in [-0.15, -0.1) is 0 Å². The normalized spacial score (nSPS) is 15.5. The van der Waals surface area contributed by atoms with Gasteiger partial charge in [0.25, 0.3) is 5.91 Å². The number of carbonyl (C=O) groups is 2. The number of fused-ring (bicyclic) bond motifs is 4. The number of aromatic nitrogens is 1. The molecule has 5 rings (SSSR count). The van der Waals surface area contributed by atoms with Gasteiger partial charge in [-0.25, -0.2) is 0 Å². The van der Waals surface area contributed by atoms with Crippen molar-refractivity contribution >= 4 is 45.0 Å². The fraction of sp³-hybridized carbons (Fsp3) is 0.167. The number of nitrogens with one attached hydrogen (secondary N) is 2. The highest BCUT2D eigenvalue weighted by Gasteiger charge is 2.29. The minimum Gasteiger partial charge on any atom is -0.478 e. The SMILES string of the molecule is CCn1c2ccccc2c2cc(NC(=O)C[C@@H]3Oc4ccccc4NC3=O)ccc21. The van der Waals surface area contributed by atoms with Crippen molar-refractivity contribution in [2.24, 2.45) is 0 Å². The molecular formula is C24H21N3O3. The molecule has 0 fully saturated rings. The van der Waals surface area contributed by atoms with Gasteiger partial charge in [0.15, 0.2) is 6.10 Å². The molecule has 3 aromatic carbocycles. The zero-order valence-corrected chi connectivity index (χ0v) is 16.5. The first kappa shape index (κ1) is 18.2. The lowest BCUT2D eigenvalue weighted by Gasteiger charge is -2.25. The third-order valence-electron chi connectivity index (χ3n) is 5.45. The zero-order chi connectivity index (χ0) is 20.7. The lowest BCUT2D eigenvalue weighted by Crippen LogP contribution is -2.39. The number of rotatable bonds is 4. The monoisotopic (exact) mass is 399 g/mol. The number of para-hydroxylation sites is 3. The summed E-state index contributed by atoms with van der Waals surface area (Å²) in [7, 11) is 0. The van der Waals surface area contributed by atoms with Gasteiger partial charge >= 0.3 is 0 Å². The first-order valence-electron chi connectivity index (χ1n) is 10.0. The second kappa shape index (κ2) is 7.22. The standard InChI is InChI=1S/C24H21N3O3/c1-2-27-19-9-5-3-7-16(19)17-13-15(11-12-20(17)27)25-23(28)14-22-24(29)26-18-8-4-6-10-21(18)30-22/h3-13,22H,2,14H2,1H3,(H,25,28)(H,26,29)/t22-/m0/s1. The largest absolute Gasteiger partial charge is 0.478 e. The summed E-state index contributed by atoms with van der Waals surface area (Å²) in [5.41, 5.74) is 3.62. The molecule has 6 heteroatoms. The minimum absolute atomic E-state index is 0.0606. The van der Waals surface area contributed by atoms with E-state index in [9.17, 15) is 9.59 Å². The van der Waals surface area contributed by atoms with Crippen molar-refractivity contribution in [1.29, 1.82) is 0 Å². The number of carbonyl (C=O) groups excluding carboxylic acids is 2. The zero-order valence-electron chi connectivity index (χ0n) is 16.5. The molecule has 6 nitrogen and oxygen atoms in total. The summed E-state index contributed by atoms with van der Waals surface area (Å²) in [6.07, 6.45) is -0.916. The number of ether oxygens (including phenoxy) is 1. The van der Waals surface area contributed by atoms with Crippen molar-refractivity contribution < 1.29 is 14.3 Å². The van der Waals surface area contributed by atoms with Crippen LogP contribution in [0, 0.1) is 0 Å². The van der Waals surface area contributed by atoms with E-state index in [2.05, 4.69) is 34.3 Å². The lowest BCUT2D eigenvalue weighted by molar-refractivity contribution is -0.128. The molecule has 2 amide bonds. The van der Waals surface area contributed by atoms with Crippen molar-refractivity contribution in [3.05, 3.63) is 66.7 Å². The van der Waals surface area contributed by atoms with E-state index in [-0.39, 0.29) is 18.2 Å². The number of nitrogens with zero attached hydrogens (tertiary/aromatic N) is 1. The van der Waals surface area contributed by atoms with Crippen molar-refractivity contribution in [1.82, 2.24) is 4.57 Å². The Morgan fingerprint density at radius 1 is 1.03 bits per heavy atom. The number of amides is 2. The number of hydrogen-bond acceptors (Lipinski definition) is 3. The molecule has 1 atom stereocenters. The third kappa shape index (κ3) is 3.06. The summed E-state index contributed by atoms with van der Waals surface area (Å²) in [5, 5.41) is 7.93. The quantitative estimate of drug-likeness (QED) is 0.529. The summed E-state index contributed by atoms with van der Waals surface area (Å²) in [6.45, 7) is 2.99. The van der Waals surface area contributed by atoms with Gasteiger partial charge in [-0.05, 0) is 43.3 Å². The molecule has 1 aromatic heterocycles. The van der Waals surface area contributed by atoms with Gasteiger partial charge in [0.2, 0.25) is 5.91 Å². The summed E-state index contributed by atoms with van der Waals surface area (Å²) in [6, 6.07) is 21.3. The number of anilines is 2. The van der Waals surface area contributed by atoms with Crippen molar-refractivity contribution in [2.75, 3.05) is 10.6 Å². The summed E-state index contributed by atoms with van der Waals surface area (Å²) in [4.78, 5) is 24.9. The molecule has 0 unspecified atom stereocenters. The Morgan fingerprint density at radius 2 is 1.80 bits per heavy atom. The Balaban J connectivity index is 1.37. The maximum atomic E-state index is 12.6. The van der Waals surface area contributed by atoms with E-state index in [0.717, 1.165) is 22.8 Å². The molecule has 0 bridgehead atoms. The molecule has 0 saturated carbocycles. The van der Waals surface area contributed by atoms with Gasteiger partial charge in [-0.3, -0.25) is 9.59 Å². The molecule has 1 aliphatic heterocycles. The topological polar surface area (TPSA) is 72.4 Å². The minimum atomic E-state index is -0.856. The highest BCUT2D eigenvalue weighted by molar-refractivity contribution is 6.10. The average molecular weight is 399 g/mol. The van der Waals surface area contributed by atoms with E-state index in [0.29, 0.717) is 17.1 Å². The van der Waals surface area contributed by atoms with E-state index in [1.807, 2.05) is 42.5 Å². The van der Waals surface area contributed by atoms with Gasteiger partial charge in [-0.2, -0.15) is 0 Å². The summed E-state index contributed by atoms with van der Waals surface area (Å²) >= 11 is 0. The van der Waals surface area contributed by atoms with Crippen LogP contribution in [0.2, 0.25) is 0 Å². The third-order valence-corrected chi connectivity index (χ3v) is 5.45. The molecule has 0 radical (unpaired) electrons. The highest BCUT2D eigenvalue weighted by Crippen LogP contribution is 2.32. The van der Waals surface area contributed by atoms with Gasteiger partial charge in [0.1, 0.15) is 5.75 Å². The molecule has 0 aliphatic carbocycles. The maximum Gasteiger partial charge on any atom is 0.266 e. The van der Waals surface area contributed by atoms with Gasteiger partial charge in [0.05, 0.1) is 12.1 Å². The van der Waals surface area contributed by atoms with Gasteiger partial charge < -0.3 is 19.9 Å². The van der Waals surface area contributed by atoms with Crippen LogP contribution >= 0.6 is 0 Å². The molecule has 4 aromatic rings. The van der Waals surface area contributed by atoms with Gasteiger partial charge in [0, 0.05) is 34.0 Å². The Labute approximate surface area is 173 Å². The van der Waals surface area contributed by atoms with Crippen LogP contribution in [0.25, 0.3) is 21.8 Å². The van der Waals surface area contributed by atoms with Crippen molar-refractivity contribution in [3.63, 3.8) is 0 Å². The van der Waals surface area contributed by atoms with Crippen LogP contribution in [0.5, 0.6) is 5.75 Å². The highest BCUT2D eigenvalue weighted by atomic mass is 16.5. The predicted molar refractivity (Wildman–Crippen MR) is 118 cm³/mol. The Hall–Kier alpha value is -3.80. The van der Waals surface area contributed by atoms with E-state index in [1.165, 1.54) is 5.52 Å². The first-order valence-corrected chi connectivity index (χ1v) is 10.0. The summed E-state index contributed by atoms with van der Waals surface area (Å²) < 4.78 is 7.98.